The average Bonchev–Trinajstić information content (AvgIpc) is 3.44. The molecule has 0 spiro atoms. The molecule has 0 radical (unpaired) electrons. The topological polar surface area (TPSA) is 101 Å². The highest BCUT2D eigenvalue weighted by Crippen LogP contribution is 2.25. The van der Waals surface area contributed by atoms with Crippen molar-refractivity contribution in [1.82, 2.24) is 15.5 Å². The number of likely N-dealkylation sites (tertiary alicyclic amines) is 1. The summed E-state index contributed by atoms with van der Waals surface area (Å²) in [6.07, 6.45) is 2.70. The number of para-hydroxylation sites is 1. The molecule has 0 saturated carbocycles. The van der Waals surface area contributed by atoms with Gasteiger partial charge in [-0.1, -0.05) is 30.3 Å². The Hall–Kier alpha value is -4.07. The van der Waals surface area contributed by atoms with Crippen LogP contribution in [-0.2, 0) is 11.3 Å². The molecule has 3 aromatic rings. The molecule has 2 heterocycles. The molecule has 2 N–H and O–H groups in total. The summed E-state index contributed by atoms with van der Waals surface area (Å²) < 4.78 is 10.6. The summed E-state index contributed by atoms with van der Waals surface area (Å²) in [5.41, 5.74) is 0.999. The lowest BCUT2D eigenvalue weighted by Gasteiger charge is -2.36. The van der Waals surface area contributed by atoms with Crippen LogP contribution < -0.4 is 15.4 Å². The molecule has 1 atom stereocenters. The van der Waals surface area contributed by atoms with Crippen molar-refractivity contribution in [2.45, 2.75) is 25.4 Å². The van der Waals surface area contributed by atoms with Crippen molar-refractivity contribution in [3.8, 4) is 5.75 Å². The largest absolute Gasteiger partial charge is 0.496 e. The number of ether oxygens (including phenoxy) is 1. The van der Waals surface area contributed by atoms with E-state index in [2.05, 4.69) is 10.6 Å². The quantitative estimate of drug-likeness (QED) is 0.521. The van der Waals surface area contributed by atoms with Crippen molar-refractivity contribution in [2.24, 2.45) is 5.92 Å². The van der Waals surface area contributed by atoms with Gasteiger partial charge < -0.3 is 24.7 Å². The van der Waals surface area contributed by atoms with Gasteiger partial charge in [0.25, 0.3) is 11.8 Å². The van der Waals surface area contributed by atoms with Crippen LogP contribution in [0.2, 0.25) is 0 Å². The summed E-state index contributed by atoms with van der Waals surface area (Å²) >= 11 is 0. The van der Waals surface area contributed by atoms with E-state index in [1.54, 1.807) is 72.9 Å². The maximum Gasteiger partial charge on any atom is 0.257 e. The third-order valence-corrected chi connectivity index (χ3v) is 6.26. The lowest BCUT2D eigenvalue weighted by atomic mass is 9.88. The lowest BCUT2D eigenvalue weighted by molar-refractivity contribution is -0.124. The molecule has 8 heteroatoms. The van der Waals surface area contributed by atoms with Gasteiger partial charge in [0.15, 0.2) is 0 Å². The number of nitrogens with zero attached hydrogens (tertiary/aromatic N) is 1. The van der Waals surface area contributed by atoms with Crippen LogP contribution in [0, 0.1) is 5.92 Å². The average molecular weight is 476 g/mol. The molecule has 3 amide bonds. The number of nitrogens with one attached hydrogen (secondary N) is 2. The molecular weight excluding hydrogens is 446 g/mol. The lowest BCUT2D eigenvalue weighted by Crippen LogP contribution is -2.53. The number of amides is 3. The molecule has 182 valence electrons. The Morgan fingerprint density at radius 3 is 2.40 bits per heavy atom. The zero-order valence-corrected chi connectivity index (χ0v) is 19.6. The number of methoxy groups -OCH3 is 1. The van der Waals surface area contributed by atoms with Gasteiger partial charge in [-0.2, -0.15) is 0 Å². The number of furan rings is 1. The maximum absolute atomic E-state index is 13.2. The van der Waals surface area contributed by atoms with E-state index in [9.17, 15) is 14.4 Å². The van der Waals surface area contributed by atoms with Crippen LogP contribution in [-0.4, -0.2) is 48.9 Å². The molecule has 0 aliphatic carbocycles. The van der Waals surface area contributed by atoms with Gasteiger partial charge in [0.05, 0.1) is 25.5 Å². The molecule has 1 unspecified atom stereocenters. The Kier molecular flexibility index (Phi) is 7.82. The maximum atomic E-state index is 13.2. The Balaban J connectivity index is 1.44. The summed E-state index contributed by atoms with van der Waals surface area (Å²) in [6, 6.07) is 18.8. The van der Waals surface area contributed by atoms with Gasteiger partial charge >= 0.3 is 0 Å². The van der Waals surface area contributed by atoms with Crippen LogP contribution in [0.5, 0.6) is 5.75 Å². The van der Waals surface area contributed by atoms with Crippen molar-refractivity contribution in [3.05, 3.63) is 89.9 Å². The van der Waals surface area contributed by atoms with Gasteiger partial charge in [0.1, 0.15) is 17.6 Å². The van der Waals surface area contributed by atoms with Gasteiger partial charge in [-0.3, -0.25) is 14.4 Å². The third kappa shape index (κ3) is 5.90. The van der Waals surface area contributed by atoms with Gasteiger partial charge in [0, 0.05) is 18.7 Å². The van der Waals surface area contributed by atoms with E-state index in [4.69, 9.17) is 9.15 Å². The van der Waals surface area contributed by atoms with E-state index in [0.717, 1.165) is 0 Å². The van der Waals surface area contributed by atoms with Crippen LogP contribution in [0.3, 0.4) is 0 Å². The van der Waals surface area contributed by atoms with Crippen molar-refractivity contribution in [2.75, 3.05) is 20.2 Å². The predicted octanol–water partition coefficient (Wildman–Crippen LogP) is 3.26. The molecule has 35 heavy (non-hydrogen) atoms. The van der Waals surface area contributed by atoms with Gasteiger partial charge in [-0.15, -0.1) is 0 Å². The van der Waals surface area contributed by atoms with E-state index in [-0.39, 0.29) is 30.2 Å². The highest BCUT2D eigenvalue weighted by atomic mass is 16.5. The van der Waals surface area contributed by atoms with Crippen LogP contribution in [0.15, 0.2) is 77.4 Å². The highest BCUT2D eigenvalue weighted by Gasteiger charge is 2.34. The Labute approximate surface area is 204 Å². The molecule has 1 saturated heterocycles. The normalized spacial score (nSPS) is 14.7. The molecule has 0 bridgehead atoms. The van der Waals surface area contributed by atoms with Gasteiger partial charge in [-0.25, -0.2) is 0 Å². The first-order valence-corrected chi connectivity index (χ1v) is 11.6. The summed E-state index contributed by atoms with van der Waals surface area (Å²) in [5.74, 6) is 0.346. The van der Waals surface area contributed by atoms with E-state index in [1.165, 1.54) is 0 Å². The minimum Gasteiger partial charge on any atom is -0.496 e. The number of hydrogen-bond acceptors (Lipinski definition) is 5. The van der Waals surface area contributed by atoms with Crippen LogP contribution in [0.4, 0.5) is 0 Å². The third-order valence-electron chi connectivity index (χ3n) is 6.26. The molecule has 4 rings (SSSR count). The molecule has 8 nitrogen and oxygen atoms in total. The number of carbonyl (C=O) groups excluding carboxylic acids is 3. The van der Waals surface area contributed by atoms with Gasteiger partial charge in [0.2, 0.25) is 5.91 Å². The van der Waals surface area contributed by atoms with E-state index in [0.29, 0.717) is 48.6 Å². The zero-order chi connectivity index (χ0) is 24.6. The van der Waals surface area contributed by atoms with Crippen molar-refractivity contribution >= 4 is 17.7 Å². The SMILES string of the molecule is COc1ccccc1C(=O)N1CCC(C(NC(=O)c2ccccc2)C(=O)NCc2ccco2)CC1. The molecule has 1 fully saturated rings. The fraction of sp³-hybridized carbons (Fsp3) is 0.296. The highest BCUT2D eigenvalue weighted by molar-refractivity contribution is 5.98. The molecule has 2 aromatic carbocycles. The van der Waals surface area contributed by atoms with Crippen LogP contribution in [0.1, 0.15) is 39.3 Å². The van der Waals surface area contributed by atoms with Crippen molar-refractivity contribution < 1.29 is 23.5 Å². The number of piperidine rings is 1. The standard InChI is InChI=1S/C27H29N3O5/c1-34-23-12-6-5-11-22(23)27(33)30-15-13-19(14-16-30)24(26(32)28-18-21-10-7-17-35-21)29-25(31)20-8-3-2-4-9-20/h2-12,17,19,24H,13-16,18H2,1H3,(H,28,32)(H,29,31). The van der Waals surface area contributed by atoms with E-state index >= 15 is 0 Å². The first kappa shape index (κ1) is 24.1. The minimum absolute atomic E-state index is 0.104. The monoisotopic (exact) mass is 475 g/mol. The Morgan fingerprint density at radius 1 is 1.00 bits per heavy atom. The second kappa shape index (κ2) is 11.4. The van der Waals surface area contributed by atoms with Crippen molar-refractivity contribution in [1.29, 1.82) is 0 Å². The van der Waals surface area contributed by atoms with E-state index < -0.39 is 6.04 Å². The minimum atomic E-state index is -0.735. The number of carbonyl (C=O) groups is 3. The van der Waals surface area contributed by atoms with Gasteiger partial charge in [-0.05, 0) is 55.2 Å². The second-order valence-electron chi connectivity index (χ2n) is 8.44. The Bertz CT molecular complexity index is 1140. The fourth-order valence-electron chi connectivity index (χ4n) is 4.34. The second-order valence-corrected chi connectivity index (χ2v) is 8.44. The molecular formula is C27H29N3O5. The van der Waals surface area contributed by atoms with Crippen LogP contribution in [0.25, 0.3) is 0 Å². The number of hydrogen-bond donors (Lipinski definition) is 2. The summed E-state index contributed by atoms with van der Waals surface area (Å²) in [6.45, 7) is 1.18. The first-order chi connectivity index (χ1) is 17.1. The summed E-state index contributed by atoms with van der Waals surface area (Å²) in [7, 11) is 1.54. The smallest absolute Gasteiger partial charge is 0.257 e. The first-order valence-electron chi connectivity index (χ1n) is 11.6. The summed E-state index contributed by atoms with van der Waals surface area (Å²) in [4.78, 5) is 40.9. The Morgan fingerprint density at radius 2 is 1.71 bits per heavy atom. The molecule has 1 aliphatic rings. The molecule has 1 aromatic heterocycles. The zero-order valence-electron chi connectivity index (χ0n) is 19.6. The van der Waals surface area contributed by atoms with Crippen LogP contribution >= 0.6 is 0 Å². The molecule has 1 aliphatic heterocycles. The number of rotatable bonds is 8. The van der Waals surface area contributed by atoms with Crippen molar-refractivity contribution in [3.63, 3.8) is 0 Å². The number of benzene rings is 2. The van der Waals surface area contributed by atoms with E-state index in [1.807, 2.05) is 12.1 Å². The predicted molar refractivity (Wildman–Crippen MR) is 130 cm³/mol. The fourth-order valence-corrected chi connectivity index (χ4v) is 4.34. The summed E-state index contributed by atoms with van der Waals surface area (Å²) in [5, 5.41) is 5.79.